The molecular formula is C11H15NO. The number of nitrogens with zero attached hydrogens (tertiary/aromatic N) is 1. The van der Waals surface area contributed by atoms with E-state index in [4.69, 9.17) is 0 Å². The third-order valence-corrected chi connectivity index (χ3v) is 2.04. The molecule has 1 heterocycles. The molecule has 0 bridgehead atoms. The highest BCUT2D eigenvalue weighted by molar-refractivity contribution is 5.93. The van der Waals surface area contributed by atoms with Crippen molar-refractivity contribution < 1.29 is 4.79 Å². The van der Waals surface area contributed by atoms with E-state index in [0.29, 0.717) is 5.92 Å². The second kappa shape index (κ2) is 4.13. The predicted molar refractivity (Wildman–Crippen MR) is 53.0 cm³/mol. The smallest absolute Gasteiger partial charge is 0.298 e. The Morgan fingerprint density at radius 3 is 2.92 bits per heavy atom. The molecule has 0 fully saturated rings. The largest absolute Gasteiger partial charge is 0.327 e. The lowest BCUT2D eigenvalue weighted by molar-refractivity contribution is -0.125. The molecule has 0 spiro atoms. The summed E-state index contributed by atoms with van der Waals surface area (Å²) in [6.07, 6.45) is 2.21. The van der Waals surface area contributed by atoms with Crippen molar-refractivity contribution in [3.8, 4) is 11.8 Å². The second-order valence-electron chi connectivity index (χ2n) is 3.55. The number of amides is 1. The molecule has 0 N–H and O–H groups in total. The van der Waals surface area contributed by atoms with Gasteiger partial charge in [0, 0.05) is 13.1 Å². The molecule has 1 aliphatic rings. The third kappa shape index (κ3) is 2.62. The summed E-state index contributed by atoms with van der Waals surface area (Å²) in [5.74, 6) is 5.60. The molecule has 1 amide bonds. The summed E-state index contributed by atoms with van der Waals surface area (Å²) >= 11 is 0. The average Bonchev–Trinajstić information content (AvgIpc) is 2.03. The molecule has 1 rings (SSSR count). The highest BCUT2D eigenvalue weighted by atomic mass is 16.2. The van der Waals surface area contributed by atoms with Gasteiger partial charge in [-0.3, -0.25) is 4.79 Å². The van der Waals surface area contributed by atoms with Crippen molar-refractivity contribution in [2.45, 2.75) is 20.8 Å². The van der Waals surface area contributed by atoms with Crippen LogP contribution in [0.15, 0.2) is 11.6 Å². The fraction of sp³-hybridized carbons (Fsp3) is 0.545. The summed E-state index contributed by atoms with van der Waals surface area (Å²) in [5.41, 5.74) is 1.25. The summed E-state index contributed by atoms with van der Waals surface area (Å²) in [4.78, 5) is 13.2. The van der Waals surface area contributed by atoms with Gasteiger partial charge < -0.3 is 4.90 Å². The third-order valence-electron chi connectivity index (χ3n) is 2.04. The lowest BCUT2D eigenvalue weighted by Gasteiger charge is -2.27. The van der Waals surface area contributed by atoms with Crippen LogP contribution in [0.4, 0.5) is 0 Å². The zero-order valence-corrected chi connectivity index (χ0v) is 8.42. The summed E-state index contributed by atoms with van der Waals surface area (Å²) in [5, 5.41) is 0. The molecule has 0 aromatic rings. The van der Waals surface area contributed by atoms with E-state index in [-0.39, 0.29) is 5.91 Å². The number of hydrogen-bond acceptors (Lipinski definition) is 1. The highest BCUT2D eigenvalue weighted by Crippen LogP contribution is 2.13. The number of rotatable bonds is 0. The van der Waals surface area contributed by atoms with Crippen LogP contribution >= 0.6 is 0 Å². The minimum absolute atomic E-state index is 0.0539. The summed E-state index contributed by atoms with van der Waals surface area (Å²) < 4.78 is 0. The average molecular weight is 177 g/mol. The van der Waals surface area contributed by atoms with Crippen molar-refractivity contribution in [3.63, 3.8) is 0 Å². The van der Waals surface area contributed by atoms with Gasteiger partial charge in [-0.25, -0.2) is 0 Å². The molecule has 70 valence electrons. The van der Waals surface area contributed by atoms with Crippen molar-refractivity contribution in [1.82, 2.24) is 4.90 Å². The van der Waals surface area contributed by atoms with Gasteiger partial charge in [0.1, 0.15) is 0 Å². The van der Waals surface area contributed by atoms with Gasteiger partial charge in [-0.15, -0.1) is 0 Å². The molecule has 1 atom stereocenters. The van der Waals surface area contributed by atoms with Gasteiger partial charge in [0.05, 0.1) is 0 Å². The Bertz CT molecular complexity index is 293. The summed E-state index contributed by atoms with van der Waals surface area (Å²) in [6, 6.07) is 0. The Hall–Kier alpha value is -1.23. The van der Waals surface area contributed by atoms with Crippen LogP contribution in [-0.2, 0) is 4.79 Å². The van der Waals surface area contributed by atoms with Gasteiger partial charge in [0.25, 0.3) is 5.91 Å². The minimum atomic E-state index is -0.0539. The fourth-order valence-electron chi connectivity index (χ4n) is 1.65. The van der Waals surface area contributed by atoms with E-state index in [2.05, 4.69) is 31.8 Å². The van der Waals surface area contributed by atoms with Crippen LogP contribution in [0.25, 0.3) is 0 Å². The van der Waals surface area contributed by atoms with Crippen molar-refractivity contribution in [2.24, 2.45) is 5.92 Å². The minimum Gasteiger partial charge on any atom is -0.327 e. The standard InChI is InChI=1S/C11H15NO/c1-4-5-11(13)12-7-9(2)6-10(3)8-12/h6,9H,7-8H2,1-3H3. The summed E-state index contributed by atoms with van der Waals surface area (Å²) in [6.45, 7) is 7.38. The van der Waals surface area contributed by atoms with E-state index >= 15 is 0 Å². The lowest BCUT2D eigenvalue weighted by Crippen LogP contribution is -2.37. The Labute approximate surface area is 79.6 Å². The first-order chi connectivity index (χ1) is 6.13. The maximum Gasteiger partial charge on any atom is 0.298 e. The quantitative estimate of drug-likeness (QED) is 0.405. The van der Waals surface area contributed by atoms with E-state index in [1.807, 2.05) is 0 Å². The predicted octanol–water partition coefficient (Wildman–Crippen LogP) is 1.43. The van der Waals surface area contributed by atoms with E-state index in [1.165, 1.54) is 5.57 Å². The monoisotopic (exact) mass is 177 g/mol. The number of carbonyl (C=O) groups excluding carboxylic acids is 1. The van der Waals surface area contributed by atoms with Crippen molar-refractivity contribution in [3.05, 3.63) is 11.6 Å². The molecule has 0 radical (unpaired) electrons. The van der Waals surface area contributed by atoms with Crippen LogP contribution in [0.3, 0.4) is 0 Å². The lowest BCUT2D eigenvalue weighted by atomic mass is 10.0. The van der Waals surface area contributed by atoms with Crippen LogP contribution in [0.1, 0.15) is 20.8 Å². The van der Waals surface area contributed by atoms with Crippen molar-refractivity contribution in [2.75, 3.05) is 13.1 Å². The molecule has 0 aromatic carbocycles. The molecule has 2 heteroatoms. The summed E-state index contributed by atoms with van der Waals surface area (Å²) in [7, 11) is 0. The SMILES string of the molecule is CC#CC(=O)N1CC(C)=CC(C)C1. The topological polar surface area (TPSA) is 20.3 Å². The zero-order chi connectivity index (χ0) is 9.84. The molecular weight excluding hydrogens is 162 g/mol. The normalized spacial score (nSPS) is 21.6. The van der Waals surface area contributed by atoms with E-state index < -0.39 is 0 Å². The van der Waals surface area contributed by atoms with Gasteiger partial charge in [-0.2, -0.15) is 0 Å². The zero-order valence-electron chi connectivity index (χ0n) is 8.42. The molecule has 2 nitrogen and oxygen atoms in total. The first-order valence-corrected chi connectivity index (χ1v) is 4.52. The maximum atomic E-state index is 11.4. The van der Waals surface area contributed by atoms with E-state index in [9.17, 15) is 4.79 Å². The Morgan fingerprint density at radius 2 is 2.38 bits per heavy atom. The Balaban J connectivity index is 2.68. The molecule has 1 aliphatic heterocycles. The molecule has 0 aliphatic carbocycles. The van der Waals surface area contributed by atoms with Crippen LogP contribution in [0.2, 0.25) is 0 Å². The second-order valence-corrected chi connectivity index (χ2v) is 3.55. The molecule has 0 aromatic heterocycles. The van der Waals surface area contributed by atoms with Crippen LogP contribution < -0.4 is 0 Å². The van der Waals surface area contributed by atoms with Gasteiger partial charge >= 0.3 is 0 Å². The first-order valence-electron chi connectivity index (χ1n) is 4.52. The van der Waals surface area contributed by atoms with Gasteiger partial charge in [-0.1, -0.05) is 24.5 Å². The van der Waals surface area contributed by atoms with E-state index in [0.717, 1.165) is 13.1 Å². The van der Waals surface area contributed by atoms with Crippen LogP contribution in [0.5, 0.6) is 0 Å². The number of carbonyl (C=O) groups is 1. The van der Waals surface area contributed by atoms with Gasteiger partial charge in [0.2, 0.25) is 0 Å². The Kier molecular flexibility index (Phi) is 3.13. The molecule has 13 heavy (non-hydrogen) atoms. The van der Waals surface area contributed by atoms with Crippen molar-refractivity contribution >= 4 is 5.91 Å². The van der Waals surface area contributed by atoms with Crippen LogP contribution in [0, 0.1) is 17.8 Å². The molecule has 1 unspecified atom stereocenters. The van der Waals surface area contributed by atoms with E-state index in [1.54, 1.807) is 11.8 Å². The van der Waals surface area contributed by atoms with Crippen molar-refractivity contribution in [1.29, 1.82) is 0 Å². The number of hydrogen-bond donors (Lipinski definition) is 0. The Morgan fingerprint density at radius 1 is 1.69 bits per heavy atom. The van der Waals surface area contributed by atoms with Crippen LogP contribution in [-0.4, -0.2) is 23.9 Å². The fourth-order valence-corrected chi connectivity index (χ4v) is 1.65. The van der Waals surface area contributed by atoms with Gasteiger partial charge in [-0.05, 0) is 25.7 Å². The highest BCUT2D eigenvalue weighted by Gasteiger charge is 2.18. The first kappa shape index (κ1) is 9.85. The maximum absolute atomic E-state index is 11.4. The van der Waals surface area contributed by atoms with Gasteiger partial charge in [0.15, 0.2) is 0 Å². The molecule has 0 saturated heterocycles. The molecule has 0 saturated carbocycles.